The van der Waals surface area contributed by atoms with Gasteiger partial charge in [0.1, 0.15) is 0 Å². The zero-order valence-electron chi connectivity index (χ0n) is 29.4. The lowest BCUT2D eigenvalue weighted by Gasteiger charge is -2.42. The molecule has 0 radical (unpaired) electrons. The lowest BCUT2D eigenvalue weighted by Crippen LogP contribution is -2.50. The molecule has 2 amide bonds. The Bertz CT molecular complexity index is 1620. The molecule has 2 heterocycles. The second kappa shape index (κ2) is 18.8. The molecule has 2 aromatic carbocycles. The van der Waals surface area contributed by atoms with E-state index in [1.807, 2.05) is 44.2 Å². The Morgan fingerprint density at radius 3 is 2.41 bits per heavy atom. The van der Waals surface area contributed by atoms with Crippen LogP contribution >= 0.6 is 0 Å². The van der Waals surface area contributed by atoms with Crippen LogP contribution in [0.2, 0.25) is 0 Å². The van der Waals surface area contributed by atoms with Crippen molar-refractivity contribution in [2.45, 2.75) is 56.9 Å². The molecular weight excluding hydrogens is 656 g/mol. The number of azide groups is 1. The summed E-state index contributed by atoms with van der Waals surface area (Å²) in [6.45, 7) is 6.72. The smallest absolute Gasteiger partial charge is 0.316 e. The van der Waals surface area contributed by atoms with Crippen molar-refractivity contribution in [3.8, 4) is 0 Å². The van der Waals surface area contributed by atoms with Crippen molar-refractivity contribution in [3.63, 3.8) is 0 Å². The highest BCUT2D eigenvalue weighted by Crippen LogP contribution is 2.41. The first-order valence-corrected chi connectivity index (χ1v) is 17.2. The summed E-state index contributed by atoms with van der Waals surface area (Å²) in [6.07, 6.45) is 3.80. The Labute approximate surface area is 297 Å². The minimum Gasteiger partial charge on any atom is -0.468 e. The summed E-state index contributed by atoms with van der Waals surface area (Å²) in [6, 6.07) is 15.3. The number of nitro groups is 1. The lowest BCUT2D eigenvalue weighted by atomic mass is 9.72. The average Bonchev–Trinajstić information content (AvgIpc) is 3.17. The summed E-state index contributed by atoms with van der Waals surface area (Å²) in [5, 5.41) is 15.0. The molecule has 2 aromatic rings. The summed E-state index contributed by atoms with van der Waals surface area (Å²) >= 11 is 0. The maximum atomic E-state index is 13.0. The molecule has 2 atom stereocenters. The van der Waals surface area contributed by atoms with E-state index in [1.165, 1.54) is 19.2 Å². The summed E-state index contributed by atoms with van der Waals surface area (Å²) in [4.78, 5) is 62.8. The normalized spacial score (nSPS) is 18.6. The molecule has 272 valence electrons. The Morgan fingerprint density at radius 1 is 1.14 bits per heavy atom. The van der Waals surface area contributed by atoms with E-state index in [-0.39, 0.29) is 31.4 Å². The number of methoxy groups -OCH3 is 1. The molecule has 2 aliphatic rings. The lowest BCUT2D eigenvalue weighted by molar-refractivity contribution is -0.384. The molecule has 0 bridgehead atoms. The largest absolute Gasteiger partial charge is 0.468 e. The SMILES string of the molecule is CCC1=NC(COCCN=[N+]=[N-])=C(N(C=O)CCCN2CCC(C(=O)OC)(c3ccccc3)CC2)C(c2ccc([N+](=O)[O-])cc2)C1N(C=O)CC. The van der Waals surface area contributed by atoms with E-state index >= 15 is 0 Å². The van der Waals surface area contributed by atoms with Crippen LogP contribution in [0.5, 0.6) is 0 Å². The van der Waals surface area contributed by atoms with Gasteiger partial charge in [-0.05, 0) is 68.9 Å². The number of esters is 1. The zero-order chi connectivity index (χ0) is 36.8. The number of nitro benzene ring substituents is 1. The fourth-order valence-electron chi connectivity index (χ4n) is 7.16. The standard InChI is InChI=1S/C36H46N8O7/c1-4-30-33(42(5-2)25-45)32(27-12-14-29(15-13-27)44(48)49)34(31(39-30)24-51-23-18-38-40-37)43(26-46)20-9-19-41-21-16-36(17-22-41,35(47)50-3)28-10-7-6-8-11-28/h6-8,10-15,25-26,32-33H,4-5,9,16-24H2,1-3H3. The number of amides is 2. The number of likely N-dealkylation sites (tertiary alicyclic amines) is 1. The number of hydrogen-bond acceptors (Lipinski definition) is 10. The molecule has 1 saturated heterocycles. The number of aliphatic imine (C=N–C) groups is 1. The van der Waals surface area contributed by atoms with E-state index < -0.39 is 22.3 Å². The predicted molar refractivity (Wildman–Crippen MR) is 191 cm³/mol. The highest BCUT2D eigenvalue weighted by molar-refractivity contribution is 5.94. The van der Waals surface area contributed by atoms with Crippen LogP contribution in [0.1, 0.15) is 56.6 Å². The molecular formula is C36H46N8O7. The Balaban J connectivity index is 1.64. The number of hydrogen-bond donors (Lipinski definition) is 0. The van der Waals surface area contributed by atoms with Crippen molar-refractivity contribution < 1.29 is 28.8 Å². The quantitative estimate of drug-likeness (QED) is 0.0287. The van der Waals surface area contributed by atoms with Gasteiger partial charge in [0, 0.05) is 42.4 Å². The van der Waals surface area contributed by atoms with Gasteiger partial charge in [0.05, 0.1) is 54.0 Å². The summed E-state index contributed by atoms with van der Waals surface area (Å²) in [7, 11) is 1.42. The van der Waals surface area contributed by atoms with Crippen LogP contribution in [0.15, 0.2) is 76.1 Å². The number of likely N-dealkylation sites (N-methyl/N-ethyl adjacent to an activating group) is 1. The Morgan fingerprint density at radius 2 is 1.84 bits per heavy atom. The van der Waals surface area contributed by atoms with E-state index in [2.05, 4.69) is 14.9 Å². The molecule has 2 unspecified atom stereocenters. The fourth-order valence-corrected chi connectivity index (χ4v) is 7.16. The first-order valence-electron chi connectivity index (χ1n) is 17.2. The van der Waals surface area contributed by atoms with Gasteiger partial charge in [-0.15, -0.1) is 0 Å². The second-order valence-electron chi connectivity index (χ2n) is 12.4. The van der Waals surface area contributed by atoms with Gasteiger partial charge in [0.2, 0.25) is 12.8 Å². The summed E-state index contributed by atoms with van der Waals surface area (Å²) < 4.78 is 11.1. The second-order valence-corrected chi connectivity index (χ2v) is 12.4. The van der Waals surface area contributed by atoms with Crippen LogP contribution < -0.4 is 0 Å². The molecule has 4 rings (SSSR count). The molecule has 15 nitrogen and oxygen atoms in total. The predicted octanol–water partition coefficient (Wildman–Crippen LogP) is 4.98. The average molecular weight is 703 g/mol. The summed E-state index contributed by atoms with van der Waals surface area (Å²) in [5.41, 5.74) is 11.2. The molecule has 1 fully saturated rings. The van der Waals surface area contributed by atoms with Gasteiger partial charge < -0.3 is 24.2 Å². The molecule has 0 aliphatic carbocycles. The molecule has 0 saturated carbocycles. The third-order valence-electron chi connectivity index (χ3n) is 9.77. The van der Waals surface area contributed by atoms with Gasteiger partial charge in [0.25, 0.3) is 5.69 Å². The van der Waals surface area contributed by atoms with Gasteiger partial charge in [0.15, 0.2) is 0 Å². The third kappa shape index (κ3) is 8.98. The Kier molecular flexibility index (Phi) is 14.2. The molecule has 51 heavy (non-hydrogen) atoms. The van der Waals surface area contributed by atoms with Gasteiger partial charge in [-0.2, -0.15) is 0 Å². The number of ether oxygens (including phenoxy) is 2. The monoisotopic (exact) mass is 702 g/mol. The van der Waals surface area contributed by atoms with E-state index in [0.29, 0.717) is 81.1 Å². The fraction of sp³-hybridized carbons (Fsp3) is 0.500. The van der Waals surface area contributed by atoms with Crippen LogP contribution in [-0.4, -0.2) is 110 Å². The highest BCUT2D eigenvalue weighted by atomic mass is 16.6. The molecule has 0 aromatic heterocycles. The topological polar surface area (TPSA) is 184 Å². The first kappa shape index (κ1) is 38.7. The first-order chi connectivity index (χ1) is 24.8. The third-order valence-corrected chi connectivity index (χ3v) is 9.77. The maximum Gasteiger partial charge on any atom is 0.316 e. The van der Waals surface area contributed by atoms with Crippen molar-refractivity contribution in [1.82, 2.24) is 14.7 Å². The Hall–Kier alpha value is -5.11. The molecule has 2 aliphatic heterocycles. The molecule has 0 N–H and O–H groups in total. The minimum atomic E-state index is -0.715. The van der Waals surface area contributed by atoms with Crippen molar-refractivity contribution in [2.75, 3.05) is 59.6 Å². The van der Waals surface area contributed by atoms with Crippen molar-refractivity contribution in [2.24, 2.45) is 10.1 Å². The van der Waals surface area contributed by atoms with Gasteiger partial charge in [-0.25, -0.2) is 0 Å². The van der Waals surface area contributed by atoms with Crippen LogP contribution in [0.3, 0.4) is 0 Å². The van der Waals surface area contributed by atoms with E-state index in [9.17, 15) is 24.5 Å². The molecule has 15 heteroatoms. The number of nitrogens with zero attached hydrogens (tertiary/aromatic N) is 8. The van der Waals surface area contributed by atoms with E-state index in [4.69, 9.17) is 20.0 Å². The van der Waals surface area contributed by atoms with Crippen LogP contribution in [-0.2, 0) is 29.3 Å². The number of non-ortho nitro benzene ring substituents is 1. The van der Waals surface area contributed by atoms with Crippen LogP contribution in [0.4, 0.5) is 5.69 Å². The zero-order valence-corrected chi connectivity index (χ0v) is 29.4. The van der Waals surface area contributed by atoms with Crippen LogP contribution in [0.25, 0.3) is 10.4 Å². The number of carbonyl (C=O) groups excluding carboxylic acids is 3. The number of rotatable bonds is 19. The maximum absolute atomic E-state index is 13.0. The molecule has 0 spiro atoms. The number of carbonyl (C=O) groups is 3. The van der Waals surface area contributed by atoms with Crippen molar-refractivity contribution in [1.29, 1.82) is 0 Å². The van der Waals surface area contributed by atoms with Gasteiger partial charge in [-0.3, -0.25) is 29.5 Å². The van der Waals surface area contributed by atoms with E-state index in [1.54, 1.807) is 21.9 Å². The van der Waals surface area contributed by atoms with Crippen molar-refractivity contribution >= 4 is 30.2 Å². The van der Waals surface area contributed by atoms with Gasteiger partial charge in [-0.1, -0.05) is 54.5 Å². The van der Waals surface area contributed by atoms with Gasteiger partial charge >= 0.3 is 5.97 Å². The van der Waals surface area contributed by atoms with E-state index in [0.717, 1.165) is 18.4 Å². The highest BCUT2D eigenvalue weighted by Gasteiger charge is 2.44. The minimum absolute atomic E-state index is 0.00869. The summed E-state index contributed by atoms with van der Waals surface area (Å²) in [5.74, 6) is -0.833. The van der Waals surface area contributed by atoms with Crippen LogP contribution in [0, 0.1) is 10.1 Å². The number of benzene rings is 2. The van der Waals surface area contributed by atoms with Crippen molar-refractivity contribution in [3.05, 3.63) is 97.7 Å². The number of piperidine rings is 1.